The van der Waals surface area contributed by atoms with Crippen molar-refractivity contribution < 1.29 is 26.0 Å². The van der Waals surface area contributed by atoms with Gasteiger partial charge in [-0.25, -0.2) is 21.9 Å². The van der Waals surface area contributed by atoms with Gasteiger partial charge in [0.2, 0.25) is 10.0 Å². The van der Waals surface area contributed by atoms with Gasteiger partial charge in [0.15, 0.2) is 5.82 Å². The van der Waals surface area contributed by atoms with Crippen LogP contribution in [0.15, 0.2) is 11.1 Å². The van der Waals surface area contributed by atoms with E-state index in [9.17, 15) is 26.0 Å². The molecule has 0 bridgehead atoms. The molecule has 0 aliphatic carbocycles. The summed E-state index contributed by atoms with van der Waals surface area (Å²) in [6.07, 6.45) is -3.00. The van der Waals surface area contributed by atoms with Crippen molar-refractivity contribution in [2.24, 2.45) is 7.05 Å². The van der Waals surface area contributed by atoms with E-state index in [4.69, 9.17) is 5.73 Å². The minimum Gasteiger partial charge on any atom is -0.381 e. The van der Waals surface area contributed by atoms with Crippen LogP contribution in [-0.2, 0) is 17.1 Å². The highest BCUT2D eigenvalue weighted by Gasteiger charge is 2.41. The number of nitrogen functional groups attached to an aromatic ring is 1. The highest BCUT2D eigenvalue weighted by molar-refractivity contribution is 7.89. The molecule has 0 spiro atoms. The highest BCUT2D eigenvalue weighted by atomic mass is 32.2. The fourth-order valence-corrected chi connectivity index (χ4v) is 2.18. The Morgan fingerprint density at radius 1 is 1.56 bits per heavy atom. The molecule has 0 saturated carbocycles. The maximum absolute atomic E-state index is 12.6. The first-order valence-electron chi connectivity index (χ1n) is 4.51. The van der Waals surface area contributed by atoms with Crippen LogP contribution in [0, 0.1) is 0 Å². The maximum Gasteiger partial charge on any atom is 0.320 e. The van der Waals surface area contributed by atoms with Crippen molar-refractivity contribution in [3.8, 4) is 0 Å². The molecule has 1 heterocycles. The van der Waals surface area contributed by atoms with Crippen LogP contribution in [0.25, 0.3) is 0 Å². The zero-order valence-corrected chi connectivity index (χ0v) is 9.89. The zero-order valence-electron chi connectivity index (χ0n) is 9.07. The first-order chi connectivity index (χ1) is 8.06. The number of halogens is 4. The van der Waals surface area contributed by atoms with Crippen LogP contribution in [0.5, 0.6) is 0 Å². The van der Waals surface area contributed by atoms with Crippen molar-refractivity contribution in [3.05, 3.63) is 6.20 Å². The first-order valence-corrected chi connectivity index (χ1v) is 5.99. The SMILES string of the molecule is Cn1cc(S(=O)(=O)NCC(F)(F)C(F)F)c(N)n1. The molecule has 18 heavy (non-hydrogen) atoms. The summed E-state index contributed by atoms with van der Waals surface area (Å²) in [5.74, 6) is -4.87. The molecule has 0 aliphatic rings. The number of nitrogens with two attached hydrogens (primary N) is 1. The van der Waals surface area contributed by atoms with Gasteiger partial charge in [-0.1, -0.05) is 0 Å². The topological polar surface area (TPSA) is 90.0 Å². The summed E-state index contributed by atoms with van der Waals surface area (Å²) >= 11 is 0. The van der Waals surface area contributed by atoms with Gasteiger partial charge in [-0.2, -0.15) is 13.9 Å². The standard InChI is InChI=1S/C7H10F4N4O2S/c1-15-2-4(5(12)14-15)18(16,17)13-3-7(10,11)6(8)9/h2,6,13H,3H2,1H3,(H2,12,14). The number of sulfonamides is 1. The normalized spacial score (nSPS) is 13.2. The third-order valence-electron chi connectivity index (χ3n) is 1.93. The second kappa shape index (κ2) is 4.72. The smallest absolute Gasteiger partial charge is 0.320 e. The second-order valence-corrected chi connectivity index (χ2v) is 5.17. The molecule has 0 fully saturated rings. The Labute approximate surface area is 99.8 Å². The van der Waals surface area contributed by atoms with E-state index >= 15 is 0 Å². The van der Waals surface area contributed by atoms with Crippen molar-refractivity contribution in [2.75, 3.05) is 12.3 Å². The summed E-state index contributed by atoms with van der Waals surface area (Å²) in [6.45, 7) is -1.72. The molecule has 0 radical (unpaired) electrons. The molecular formula is C7H10F4N4O2S. The molecule has 3 N–H and O–H groups in total. The van der Waals surface area contributed by atoms with Gasteiger partial charge in [-0.05, 0) is 0 Å². The fraction of sp³-hybridized carbons (Fsp3) is 0.571. The van der Waals surface area contributed by atoms with Gasteiger partial charge in [0, 0.05) is 13.2 Å². The molecule has 0 amide bonds. The van der Waals surface area contributed by atoms with Gasteiger partial charge >= 0.3 is 12.3 Å². The second-order valence-electron chi connectivity index (χ2n) is 3.44. The van der Waals surface area contributed by atoms with Crippen LogP contribution in [0.4, 0.5) is 23.4 Å². The third-order valence-corrected chi connectivity index (χ3v) is 3.35. The molecule has 1 rings (SSSR count). The van der Waals surface area contributed by atoms with Gasteiger partial charge in [-0.15, -0.1) is 0 Å². The molecule has 0 atom stereocenters. The van der Waals surface area contributed by atoms with Crippen LogP contribution >= 0.6 is 0 Å². The molecule has 11 heteroatoms. The van der Waals surface area contributed by atoms with E-state index in [0.717, 1.165) is 10.9 Å². The summed E-state index contributed by atoms with van der Waals surface area (Å²) in [5, 5.41) is 3.50. The van der Waals surface area contributed by atoms with E-state index in [1.807, 2.05) is 0 Å². The Morgan fingerprint density at radius 2 is 2.11 bits per heavy atom. The number of rotatable bonds is 5. The van der Waals surface area contributed by atoms with Gasteiger partial charge in [0.1, 0.15) is 4.90 Å². The Bertz CT molecular complexity index is 528. The van der Waals surface area contributed by atoms with E-state index in [1.54, 1.807) is 0 Å². The predicted octanol–water partition coefficient (Wildman–Crippen LogP) is 0.181. The third kappa shape index (κ3) is 3.10. The Morgan fingerprint density at radius 3 is 2.50 bits per heavy atom. The lowest BCUT2D eigenvalue weighted by Gasteiger charge is -2.15. The Kier molecular flexibility index (Phi) is 3.86. The fourth-order valence-electron chi connectivity index (χ4n) is 1.04. The van der Waals surface area contributed by atoms with Gasteiger partial charge < -0.3 is 5.73 Å². The van der Waals surface area contributed by atoms with Crippen molar-refractivity contribution in [2.45, 2.75) is 17.2 Å². The molecule has 0 aliphatic heterocycles. The lowest BCUT2D eigenvalue weighted by atomic mass is 10.4. The minimum absolute atomic E-state index is 0.412. The molecule has 1 aromatic heterocycles. The lowest BCUT2D eigenvalue weighted by molar-refractivity contribution is -0.122. The van der Waals surface area contributed by atoms with E-state index in [-0.39, 0.29) is 0 Å². The largest absolute Gasteiger partial charge is 0.381 e. The Balaban J connectivity index is 2.88. The first kappa shape index (κ1) is 14.7. The van der Waals surface area contributed by atoms with Crippen LogP contribution < -0.4 is 10.5 Å². The number of nitrogens with zero attached hydrogens (tertiary/aromatic N) is 2. The van der Waals surface area contributed by atoms with E-state index in [1.165, 1.54) is 11.8 Å². The Hall–Kier alpha value is -1.36. The molecule has 0 saturated heterocycles. The number of alkyl halides is 4. The van der Waals surface area contributed by atoms with Crippen molar-refractivity contribution in [1.29, 1.82) is 0 Å². The lowest BCUT2D eigenvalue weighted by Crippen LogP contribution is -2.41. The average Bonchev–Trinajstić information content (AvgIpc) is 2.56. The molecule has 1 aromatic rings. The van der Waals surface area contributed by atoms with Gasteiger partial charge in [0.05, 0.1) is 6.54 Å². The van der Waals surface area contributed by atoms with E-state index < -0.39 is 39.6 Å². The van der Waals surface area contributed by atoms with Crippen molar-refractivity contribution in [1.82, 2.24) is 14.5 Å². The van der Waals surface area contributed by atoms with Crippen molar-refractivity contribution >= 4 is 15.8 Å². The summed E-state index contributed by atoms with van der Waals surface area (Å²) in [4.78, 5) is -0.546. The average molecular weight is 290 g/mol. The maximum atomic E-state index is 12.6. The highest BCUT2D eigenvalue weighted by Crippen LogP contribution is 2.23. The van der Waals surface area contributed by atoms with Crippen LogP contribution in [0.3, 0.4) is 0 Å². The number of hydrogen-bond acceptors (Lipinski definition) is 4. The molecule has 6 nitrogen and oxygen atoms in total. The number of anilines is 1. The quantitative estimate of drug-likeness (QED) is 0.757. The summed E-state index contributed by atoms with van der Waals surface area (Å²) < 4.78 is 74.3. The minimum atomic E-state index is -4.45. The van der Waals surface area contributed by atoms with Crippen LogP contribution in [0.2, 0.25) is 0 Å². The number of nitrogens with one attached hydrogen (secondary N) is 1. The molecule has 0 aromatic carbocycles. The molecule has 0 unspecified atom stereocenters. The summed E-state index contributed by atoms with van der Waals surface area (Å²) in [5.41, 5.74) is 5.24. The number of aromatic nitrogens is 2. The van der Waals surface area contributed by atoms with Crippen molar-refractivity contribution in [3.63, 3.8) is 0 Å². The summed E-state index contributed by atoms with van der Waals surface area (Å²) in [6, 6.07) is 0. The predicted molar refractivity (Wildman–Crippen MR) is 53.8 cm³/mol. The number of hydrogen-bond donors (Lipinski definition) is 2. The van der Waals surface area contributed by atoms with E-state index in [0.29, 0.717) is 0 Å². The molecule has 104 valence electrons. The summed E-state index contributed by atoms with van der Waals surface area (Å²) in [7, 11) is -3.04. The van der Waals surface area contributed by atoms with Crippen LogP contribution in [-0.4, -0.2) is 37.1 Å². The monoisotopic (exact) mass is 290 g/mol. The zero-order chi connectivity index (χ0) is 14.1. The van der Waals surface area contributed by atoms with Gasteiger partial charge in [-0.3, -0.25) is 4.68 Å². The van der Waals surface area contributed by atoms with E-state index in [2.05, 4.69) is 5.10 Å². The van der Waals surface area contributed by atoms with Gasteiger partial charge in [0.25, 0.3) is 0 Å². The van der Waals surface area contributed by atoms with Crippen LogP contribution in [0.1, 0.15) is 0 Å². The number of aryl methyl sites for hydroxylation is 1. The molecular weight excluding hydrogens is 280 g/mol.